The first kappa shape index (κ1) is 15.9. The molecule has 1 atom stereocenters. The monoisotopic (exact) mass is 307 g/mol. The molecule has 0 aliphatic carbocycles. The fourth-order valence-electron chi connectivity index (χ4n) is 2.82. The van der Waals surface area contributed by atoms with Crippen LogP contribution in [-0.4, -0.2) is 45.3 Å². The number of piperazine rings is 1. The predicted molar refractivity (Wildman–Crippen MR) is 86.1 cm³/mol. The Balaban J connectivity index is 0.00000161. The quantitative estimate of drug-likeness (QED) is 0.939. The third kappa shape index (κ3) is 3.81. The largest absolute Gasteiger partial charge is 0.312 e. The van der Waals surface area contributed by atoms with Gasteiger partial charge in [-0.3, -0.25) is 4.90 Å². The number of nitrogens with zero attached hydrogens (tertiary/aromatic N) is 4. The number of benzene rings is 1. The Labute approximate surface area is 131 Å². The van der Waals surface area contributed by atoms with E-state index in [1.54, 1.807) is 12.7 Å². The van der Waals surface area contributed by atoms with E-state index in [1.807, 2.05) is 4.68 Å². The second-order valence-electron chi connectivity index (χ2n) is 5.55. The lowest BCUT2D eigenvalue weighted by Crippen LogP contribution is -2.48. The zero-order chi connectivity index (χ0) is 13.9. The highest BCUT2D eigenvalue weighted by Crippen LogP contribution is 2.16. The third-order valence-electron chi connectivity index (χ3n) is 3.79. The van der Waals surface area contributed by atoms with Gasteiger partial charge in [-0.1, -0.05) is 12.1 Å². The van der Waals surface area contributed by atoms with E-state index in [9.17, 15) is 0 Å². The summed E-state index contributed by atoms with van der Waals surface area (Å²) in [6.45, 7) is 8.70. The lowest BCUT2D eigenvalue weighted by molar-refractivity contribution is 0.199. The summed E-state index contributed by atoms with van der Waals surface area (Å²) in [5.74, 6) is 0. The molecule has 1 aromatic carbocycles. The molecule has 1 aliphatic rings. The van der Waals surface area contributed by atoms with Crippen molar-refractivity contribution in [1.29, 1.82) is 0 Å². The van der Waals surface area contributed by atoms with Crippen LogP contribution in [0.2, 0.25) is 0 Å². The van der Waals surface area contributed by atoms with Gasteiger partial charge in [0.25, 0.3) is 0 Å². The van der Waals surface area contributed by atoms with Crippen LogP contribution in [0.4, 0.5) is 0 Å². The highest BCUT2D eigenvalue weighted by Gasteiger charge is 2.15. The zero-order valence-electron chi connectivity index (χ0n) is 12.5. The number of hydrogen-bond acceptors (Lipinski definition) is 4. The van der Waals surface area contributed by atoms with Crippen LogP contribution in [-0.2, 0) is 6.54 Å². The van der Waals surface area contributed by atoms with Crippen LogP contribution in [0.1, 0.15) is 18.1 Å². The van der Waals surface area contributed by atoms with Crippen molar-refractivity contribution in [2.24, 2.45) is 0 Å². The van der Waals surface area contributed by atoms with Crippen molar-refractivity contribution in [2.45, 2.75) is 26.4 Å². The molecule has 2 heterocycles. The second-order valence-corrected chi connectivity index (χ2v) is 5.55. The van der Waals surface area contributed by atoms with Crippen LogP contribution in [0.5, 0.6) is 0 Å². The Morgan fingerprint density at radius 1 is 1.38 bits per heavy atom. The molecule has 5 nitrogen and oxygen atoms in total. The molecular formula is C15H22ClN5. The Hall–Kier alpha value is -1.43. The van der Waals surface area contributed by atoms with Gasteiger partial charge in [0.05, 0.1) is 5.69 Å². The molecule has 1 aliphatic heterocycles. The summed E-state index contributed by atoms with van der Waals surface area (Å²) in [4.78, 5) is 6.51. The summed E-state index contributed by atoms with van der Waals surface area (Å²) in [5.41, 5.74) is 3.69. The molecule has 3 rings (SSSR count). The molecule has 0 radical (unpaired) electrons. The van der Waals surface area contributed by atoms with Gasteiger partial charge >= 0.3 is 0 Å². The smallest absolute Gasteiger partial charge is 0.138 e. The lowest BCUT2D eigenvalue weighted by atomic mass is 10.1. The fraction of sp³-hybridized carbons (Fsp3) is 0.467. The Kier molecular flexibility index (Phi) is 5.33. The summed E-state index contributed by atoms with van der Waals surface area (Å²) in [5, 5.41) is 7.67. The highest BCUT2D eigenvalue weighted by molar-refractivity contribution is 5.85. The Morgan fingerprint density at radius 2 is 2.24 bits per heavy atom. The number of nitrogens with one attached hydrogen (secondary N) is 1. The van der Waals surface area contributed by atoms with Crippen molar-refractivity contribution in [3.05, 3.63) is 42.0 Å². The molecule has 0 amide bonds. The SMILES string of the molecule is Cc1cc(CN2CCNC(C)C2)ccc1-n1cncn1.Cl. The van der Waals surface area contributed by atoms with E-state index in [2.05, 4.69) is 52.3 Å². The minimum absolute atomic E-state index is 0. The average Bonchev–Trinajstić information content (AvgIpc) is 2.92. The summed E-state index contributed by atoms with van der Waals surface area (Å²) in [7, 11) is 0. The zero-order valence-corrected chi connectivity index (χ0v) is 13.3. The molecule has 0 bridgehead atoms. The standard InChI is InChI=1S/C15H21N5.ClH/c1-12-7-14(9-19-6-5-17-13(2)8-19)3-4-15(12)20-11-16-10-18-20;/h3-4,7,10-11,13,17H,5-6,8-9H2,1-2H3;1H. The Bertz CT molecular complexity index is 569. The first-order chi connectivity index (χ1) is 9.72. The van der Waals surface area contributed by atoms with Crippen molar-refractivity contribution in [1.82, 2.24) is 25.0 Å². The molecular weight excluding hydrogens is 286 g/mol. The summed E-state index contributed by atoms with van der Waals surface area (Å²) >= 11 is 0. The molecule has 2 aromatic rings. The minimum Gasteiger partial charge on any atom is -0.312 e. The van der Waals surface area contributed by atoms with Gasteiger partial charge in [-0.15, -0.1) is 12.4 Å². The molecule has 1 unspecified atom stereocenters. The number of aryl methyl sites for hydroxylation is 1. The minimum atomic E-state index is 0. The Morgan fingerprint density at radius 3 is 2.90 bits per heavy atom. The maximum absolute atomic E-state index is 4.19. The molecule has 1 saturated heterocycles. The molecule has 0 spiro atoms. The van der Waals surface area contributed by atoms with Crippen molar-refractivity contribution in [3.63, 3.8) is 0 Å². The average molecular weight is 308 g/mol. The second kappa shape index (κ2) is 7.02. The van der Waals surface area contributed by atoms with Crippen LogP contribution in [0.15, 0.2) is 30.9 Å². The van der Waals surface area contributed by atoms with Crippen molar-refractivity contribution in [3.8, 4) is 5.69 Å². The van der Waals surface area contributed by atoms with E-state index in [4.69, 9.17) is 0 Å². The molecule has 6 heteroatoms. The predicted octanol–water partition coefficient (Wildman–Crippen LogP) is 1.79. The maximum atomic E-state index is 4.19. The topological polar surface area (TPSA) is 46.0 Å². The van der Waals surface area contributed by atoms with Gasteiger partial charge in [0, 0.05) is 32.2 Å². The fourth-order valence-corrected chi connectivity index (χ4v) is 2.82. The van der Waals surface area contributed by atoms with E-state index >= 15 is 0 Å². The molecule has 114 valence electrons. The van der Waals surface area contributed by atoms with Gasteiger partial charge < -0.3 is 5.32 Å². The number of rotatable bonds is 3. The maximum Gasteiger partial charge on any atom is 0.138 e. The van der Waals surface area contributed by atoms with Gasteiger partial charge in [-0.25, -0.2) is 9.67 Å². The molecule has 1 aromatic heterocycles. The van der Waals surface area contributed by atoms with Gasteiger partial charge in [0.1, 0.15) is 12.7 Å². The van der Waals surface area contributed by atoms with Crippen LogP contribution in [0.25, 0.3) is 5.69 Å². The number of hydrogen-bond donors (Lipinski definition) is 1. The lowest BCUT2D eigenvalue weighted by Gasteiger charge is -2.31. The van der Waals surface area contributed by atoms with Crippen molar-refractivity contribution >= 4 is 12.4 Å². The van der Waals surface area contributed by atoms with Gasteiger partial charge in [0.2, 0.25) is 0 Å². The molecule has 21 heavy (non-hydrogen) atoms. The van der Waals surface area contributed by atoms with E-state index in [1.165, 1.54) is 11.1 Å². The van der Waals surface area contributed by atoms with Gasteiger partial charge in [0.15, 0.2) is 0 Å². The first-order valence-corrected chi connectivity index (χ1v) is 7.12. The van der Waals surface area contributed by atoms with E-state index < -0.39 is 0 Å². The normalized spacial score (nSPS) is 19.2. The highest BCUT2D eigenvalue weighted by atomic mass is 35.5. The summed E-state index contributed by atoms with van der Waals surface area (Å²) < 4.78 is 1.81. The van der Waals surface area contributed by atoms with Crippen molar-refractivity contribution < 1.29 is 0 Å². The molecule has 1 N–H and O–H groups in total. The first-order valence-electron chi connectivity index (χ1n) is 7.12. The van der Waals surface area contributed by atoms with Crippen LogP contribution >= 0.6 is 12.4 Å². The van der Waals surface area contributed by atoms with Crippen LogP contribution < -0.4 is 5.32 Å². The third-order valence-corrected chi connectivity index (χ3v) is 3.79. The van der Waals surface area contributed by atoms with Crippen LogP contribution in [0, 0.1) is 6.92 Å². The number of halogens is 1. The van der Waals surface area contributed by atoms with E-state index in [-0.39, 0.29) is 12.4 Å². The van der Waals surface area contributed by atoms with E-state index in [0.717, 1.165) is 31.9 Å². The van der Waals surface area contributed by atoms with Gasteiger partial charge in [-0.05, 0) is 31.0 Å². The summed E-state index contributed by atoms with van der Waals surface area (Å²) in [6.07, 6.45) is 3.30. The van der Waals surface area contributed by atoms with Crippen molar-refractivity contribution in [2.75, 3.05) is 19.6 Å². The molecule has 0 saturated carbocycles. The van der Waals surface area contributed by atoms with Gasteiger partial charge in [-0.2, -0.15) is 5.10 Å². The van der Waals surface area contributed by atoms with E-state index in [0.29, 0.717) is 6.04 Å². The van der Waals surface area contributed by atoms with Crippen LogP contribution in [0.3, 0.4) is 0 Å². The number of aromatic nitrogens is 3. The molecule has 1 fully saturated rings. The summed E-state index contributed by atoms with van der Waals surface area (Å²) in [6, 6.07) is 7.16.